The van der Waals surface area contributed by atoms with Gasteiger partial charge in [0.1, 0.15) is 6.54 Å². The second kappa shape index (κ2) is 8.78. The van der Waals surface area contributed by atoms with Crippen molar-refractivity contribution in [3.63, 3.8) is 0 Å². The van der Waals surface area contributed by atoms with Gasteiger partial charge in [-0.25, -0.2) is 4.99 Å². The molecular weight excluding hydrogens is 228 g/mol. The fourth-order valence-electron chi connectivity index (χ4n) is 1.50. The van der Waals surface area contributed by atoms with E-state index in [4.69, 9.17) is 5.73 Å². The van der Waals surface area contributed by atoms with Crippen molar-refractivity contribution in [2.75, 3.05) is 20.6 Å². The molecule has 0 bridgehead atoms. The number of guanidine groups is 1. The van der Waals surface area contributed by atoms with E-state index >= 15 is 0 Å². The molecule has 0 rings (SSSR count). The third-order valence-corrected chi connectivity index (χ3v) is 2.70. The first kappa shape index (κ1) is 16.7. The number of hydrogen-bond acceptors (Lipinski definition) is 2. The lowest BCUT2D eigenvalue weighted by atomic mass is 10.0. The maximum Gasteiger partial charge on any atom is 0.243 e. The van der Waals surface area contributed by atoms with Crippen LogP contribution in [0.2, 0.25) is 0 Å². The second-order valence-corrected chi connectivity index (χ2v) is 5.36. The van der Waals surface area contributed by atoms with Crippen LogP contribution in [0.3, 0.4) is 0 Å². The first-order valence-electron chi connectivity index (χ1n) is 6.59. The molecule has 0 aromatic carbocycles. The Labute approximate surface area is 111 Å². The van der Waals surface area contributed by atoms with Crippen LogP contribution in [0.1, 0.15) is 40.0 Å². The van der Waals surface area contributed by atoms with Crippen LogP contribution < -0.4 is 11.1 Å². The third-order valence-electron chi connectivity index (χ3n) is 2.70. The maximum atomic E-state index is 11.3. The lowest BCUT2D eigenvalue weighted by Crippen LogP contribution is -2.39. The van der Waals surface area contributed by atoms with Crippen LogP contribution in [-0.4, -0.2) is 43.4 Å². The van der Waals surface area contributed by atoms with E-state index < -0.39 is 0 Å². The summed E-state index contributed by atoms with van der Waals surface area (Å²) in [5.74, 6) is 1.04. The highest BCUT2D eigenvalue weighted by molar-refractivity contribution is 5.83. The molecule has 0 fully saturated rings. The average molecular weight is 256 g/mol. The maximum absolute atomic E-state index is 11.3. The Morgan fingerprint density at radius 2 is 1.89 bits per heavy atom. The topological polar surface area (TPSA) is 70.7 Å². The van der Waals surface area contributed by atoms with Crippen molar-refractivity contribution in [1.29, 1.82) is 0 Å². The molecule has 3 N–H and O–H groups in total. The molecule has 5 nitrogen and oxygen atoms in total. The molecule has 1 atom stereocenters. The van der Waals surface area contributed by atoms with Crippen LogP contribution in [0.25, 0.3) is 0 Å². The van der Waals surface area contributed by atoms with Crippen LogP contribution in [0.4, 0.5) is 0 Å². The summed E-state index contributed by atoms with van der Waals surface area (Å²) in [5.41, 5.74) is 5.72. The van der Waals surface area contributed by atoms with Crippen LogP contribution in [0.15, 0.2) is 4.99 Å². The van der Waals surface area contributed by atoms with Crippen molar-refractivity contribution in [1.82, 2.24) is 10.2 Å². The van der Waals surface area contributed by atoms with Crippen molar-refractivity contribution < 1.29 is 4.79 Å². The fourth-order valence-corrected chi connectivity index (χ4v) is 1.50. The number of carbonyl (C=O) groups is 1. The van der Waals surface area contributed by atoms with E-state index in [2.05, 4.69) is 31.1 Å². The van der Waals surface area contributed by atoms with E-state index in [0.717, 1.165) is 12.3 Å². The number of aliphatic imine (C=N–C) groups is 1. The quantitative estimate of drug-likeness (QED) is 0.531. The van der Waals surface area contributed by atoms with Crippen LogP contribution in [0.5, 0.6) is 0 Å². The average Bonchev–Trinajstić information content (AvgIpc) is 2.24. The molecule has 0 aromatic heterocycles. The molecule has 0 radical (unpaired) electrons. The van der Waals surface area contributed by atoms with Gasteiger partial charge in [0.05, 0.1) is 0 Å². The summed E-state index contributed by atoms with van der Waals surface area (Å²) >= 11 is 0. The van der Waals surface area contributed by atoms with Crippen molar-refractivity contribution >= 4 is 11.9 Å². The third kappa shape index (κ3) is 8.84. The van der Waals surface area contributed by atoms with Crippen LogP contribution >= 0.6 is 0 Å². The normalized spacial score (nSPS) is 13.6. The molecule has 1 unspecified atom stereocenters. The van der Waals surface area contributed by atoms with Crippen molar-refractivity contribution in [2.45, 2.75) is 46.1 Å². The van der Waals surface area contributed by atoms with Crippen molar-refractivity contribution in [2.24, 2.45) is 16.6 Å². The summed E-state index contributed by atoms with van der Waals surface area (Å²) in [5, 5.41) is 3.10. The van der Waals surface area contributed by atoms with E-state index in [1.807, 2.05) is 0 Å². The van der Waals surface area contributed by atoms with Gasteiger partial charge in [-0.05, 0) is 19.3 Å². The molecule has 0 saturated carbocycles. The highest BCUT2D eigenvalue weighted by Crippen LogP contribution is 2.07. The number of nitrogens with zero attached hydrogens (tertiary/aromatic N) is 2. The predicted molar refractivity (Wildman–Crippen MR) is 76.5 cm³/mol. The van der Waals surface area contributed by atoms with Gasteiger partial charge in [-0.1, -0.05) is 26.7 Å². The van der Waals surface area contributed by atoms with Crippen LogP contribution in [-0.2, 0) is 4.79 Å². The lowest BCUT2D eigenvalue weighted by Gasteiger charge is -2.15. The minimum absolute atomic E-state index is 0.0489. The Morgan fingerprint density at radius 1 is 1.28 bits per heavy atom. The number of amides is 1. The molecule has 0 aromatic rings. The number of nitrogens with two attached hydrogens (primary N) is 1. The number of rotatable bonds is 7. The summed E-state index contributed by atoms with van der Waals surface area (Å²) in [6, 6.07) is 0.293. The highest BCUT2D eigenvalue weighted by atomic mass is 16.2. The largest absolute Gasteiger partial charge is 0.370 e. The van der Waals surface area contributed by atoms with Gasteiger partial charge in [-0.2, -0.15) is 0 Å². The summed E-state index contributed by atoms with van der Waals surface area (Å²) in [4.78, 5) is 16.8. The van der Waals surface area contributed by atoms with Gasteiger partial charge >= 0.3 is 0 Å². The molecule has 0 aliphatic carbocycles. The molecule has 1 amide bonds. The molecule has 0 saturated heterocycles. The predicted octanol–water partition coefficient (Wildman–Crippen LogP) is 1.19. The Morgan fingerprint density at radius 3 is 2.39 bits per heavy atom. The zero-order valence-electron chi connectivity index (χ0n) is 12.4. The molecule has 5 heteroatoms. The van der Waals surface area contributed by atoms with Crippen molar-refractivity contribution in [3.05, 3.63) is 0 Å². The van der Waals surface area contributed by atoms with E-state index in [1.165, 1.54) is 17.7 Å². The van der Waals surface area contributed by atoms with Gasteiger partial charge in [0.2, 0.25) is 5.91 Å². The first-order valence-corrected chi connectivity index (χ1v) is 6.59. The minimum atomic E-state index is -0.0489. The van der Waals surface area contributed by atoms with Gasteiger partial charge in [-0.15, -0.1) is 0 Å². The van der Waals surface area contributed by atoms with E-state index in [1.54, 1.807) is 14.1 Å². The molecule has 106 valence electrons. The Hall–Kier alpha value is -1.26. The Balaban J connectivity index is 3.88. The Bertz CT molecular complexity index is 274. The minimum Gasteiger partial charge on any atom is -0.370 e. The molecule has 0 aliphatic rings. The smallest absolute Gasteiger partial charge is 0.243 e. The standard InChI is InChI=1S/C13H28N4O/c1-10(2)7-6-8-11(3)16-13(14)15-9-12(18)17(4)5/h10-11H,6-9H2,1-5H3,(H3,14,15,16). The lowest BCUT2D eigenvalue weighted by molar-refractivity contribution is -0.127. The summed E-state index contributed by atoms with van der Waals surface area (Å²) in [7, 11) is 3.41. The number of likely N-dealkylation sites (N-methyl/N-ethyl adjacent to an activating group) is 1. The zero-order valence-corrected chi connectivity index (χ0v) is 12.4. The van der Waals surface area contributed by atoms with E-state index in [9.17, 15) is 4.79 Å². The summed E-state index contributed by atoms with van der Waals surface area (Å²) in [6.45, 7) is 6.63. The SMILES string of the molecule is CC(C)CCCC(C)NC(N)=NCC(=O)N(C)C. The van der Waals surface area contributed by atoms with Crippen LogP contribution in [0, 0.1) is 5.92 Å². The number of nitrogens with one attached hydrogen (secondary N) is 1. The molecule has 0 spiro atoms. The van der Waals surface area contributed by atoms with E-state index in [-0.39, 0.29) is 12.5 Å². The van der Waals surface area contributed by atoms with Gasteiger partial charge in [0, 0.05) is 20.1 Å². The molecule has 18 heavy (non-hydrogen) atoms. The van der Waals surface area contributed by atoms with E-state index in [0.29, 0.717) is 12.0 Å². The molecule has 0 aliphatic heterocycles. The summed E-state index contributed by atoms with van der Waals surface area (Å²) in [6.07, 6.45) is 3.47. The van der Waals surface area contributed by atoms with Gasteiger partial charge in [-0.3, -0.25) is 4.79 Å². The monoisotopic (exact) mass is 256 g/mol. The van der Waals surface area contributed by atoms with Crippen molar-refractivity contribution in [3.8, 4) is 0 Å². The van der Waals surface area contributed by atoms with Gasteiger partial charge in [0.15, 0.2) is 5.96 Å². The first-order chi connectivity index (χ1) is 8.32. The van der Waals surface area contributed by atoms with Gasteiger partial charge in [0.25, 0.3) is 0 Å². The Kier molecular flexibility index (Phi) is 8.16. The second-order valence-electron chi connectivity index (χ2n) is 5.36. The number of carbonyl (C=O) groups excluding carboxylic acids is 1. The molecular formula is C13H28N4O. The highest BCUT2D eigenvalue weighted by Gasteiger charge is 2.05. The summed E-state index contributed by atoms with van der Waals surface area (Å²) < 4.78 is 0. The molecule has 0 heterocycles. The number of hydrogen-bond donors (Lipinski definition) is 2. The fraction of sp³-hybridized carbons (Fsp3) is 0.846. The van der Waals surface area contributed by atoms with Gasteiger partial charge < -0.3 is 16.0 Å². The zero-order chi connectivity index (χ0) is 14.1.